The van der Waals surface area contributed by atoms with Gasteiger partial charge in [-0.1, -0.05) is 13.8 Å². The Labute approximate surface area is 105 Å². The highest BCUT2D eigenvalue weighted by Gasteiger charge is 2.29. The van der Waals surface area contributed by atoms with E-state index in [2.05, 4.69) is 33.7 Å². The van der Waals surface area contributed by atoms with Crippen molar-refractivity contribution in [3.8, 4) is 0 Å². The number of aromatic nitrogens is 3. The maximum Gasteiger partial charge on any atom is 0.268 e. The molecule has 18 heavy (non-hydrogen) atoms. The molecule has 94 valence electrons. The highest BCUT2D eigenvalue weighted by molar-refractivity contribution is 5.98. The summed E-state index contributed by atoms with van der Waals surface area (Å²) in [6, 6.07) is 2.13. The first-order valence-corrected chi connectivity index (χ1v) is 6.20. The maximum atomic E-state index is 11.9. The van der Waals surface area contributed by atoms with Crippen molar-refractivity contribution in [1.29, 1.82) is 0 Å². The van der Waals surface area contributed by atoms with Gasteiger partial charge < -0.3 is 9.88 Å². The standard InChI is InChI=1S/C13H16N4O/c1-7(2)11-6-15-13(18)10-4-9-5-14-8(3)16-12(9)17(10)11/h4-5,7,11H,6H2,1-3H3,(H,15,18). The number of nitrogens with zero attached hydrogens (tertiary/aromatic N) is 3. The molecule has 1 unspecified atom stereocenters. The van der Waals surface area contributed by atoms with E-state index >= 15 is 0 Å². The Kier molecular flexibility index (Phi) is 2.36. The van der Waals surface area contributed by atoms with E-state index in [1.165, 1.54) is 0 Å². The van der Waals surface area contributed by atoms with Crippen LogP contribution in [0.5, 0.6) is 0 Å². The first kappa shape index (κ1) is 11.2. The second-order valence-corrected chi connectivity index (χ2v) is 5.12. The molecule has 0 aliphatic carbocycles. The second-order valence-electron chi connectivity index (χ2n) is 5.12. The highest BCUT2D eigenvalue weighted by Crippen LogP contribution is 2.29. The number of fused-ring (bicyclic) bond motifs is 3. The van der Waals surface area contributed by atoms with E-state index in [1.807, 2.05) is 13.0 Å². The molecule has 0 saturated heterocycles. The summed E-state index contributed by atoms with van der Waals surface area (Å²) in [5, 5.41) is 3.87. The predicted molar refractivity (Wildman–Crippen MR) is 68.5 cm³/mol. The van der Waals surface area contributed by atoms with Gasteiger partial charge in [0, 0.05) is 18.1 Å². The number of carbonyl (C=O) groups is 1. The third kappa shape index (κ3) is 1.50. The summed E-state index contributed by atoms with van der Waals surface area (Å²) in [7, 11) is 0. The number of hydrogen-bond acceptors (Lipinski definition) is 3. The minimum absolute atomic E-state index is 0.0254. The summed E-state index contributed by atoms with van der Waals surface area (Å²) < 4.78 is 2.06. The molecular weight excluding hydrogens is 228 g/mol. The van der Waals surface area contributed by atoms with Crippen LogP contribution in [0.25, 0.3) is 11.0 Å². The molecule has 2 aromatic rings. The molecule has 0 bridgehead atoms. The number of carbonyl (C=O) groups excluding carboxylic acids is 1. The van der Waals surface area contributed by atoms with E-state index in [9.17, 15) is 4.79 Å². The van der Waals surface area contributed by atoms with Crippen LogP contribution in [0, 0.1) is 12.8 Å². The van der Waals surface area contributed by atoms with Crippen molar-refractivity contribution in [3.63, 3.8) is 0 Å². The first-order valence-electron chi connectivity index (χ1n) is 6.20. The Morgan fingerprint density at radius 2 is 2.28 bits per heavy atom. The Morgan fingerprint density at radius 1 is 1.50 bits per heavy atom. The average Bonchev–Trinajstić information content (AvgIpc) is 2.69. The molecule has 1 amide bonds. The van der Waals surface area contributed by atoms with Gasteiger partial charge in [0.2, 0.25) is 0 Å². The van der Waals surface area contributed by atoms with Gasteiger partial charge in [0.15, 0.2) is 0 Å². The number of hydrogen-bond donors (Lipinski definition) is 1. The van der Waals surface area contributed by atoms with E-state index in [0.717, 1.165) is 16.9 Å². The molecule has 3 heterocycles. The topological polar surface area (TPSA) is 59.8 Å². The summed E-state index contributed by atoms with van der Waals surface area (Å²) in [6.07, 6.45) is 1.79. The van der Waals surface area contributed by atoms with Crippen LogP contribution >= 0.6 is 0 Å². The van der Waals surface area contributed by atoms with Crippen molar-refractivity contribution in [2.45, 2.75) is 26.8 Å². The lowest BCUT2D eigenvalue weighted by Gasteiger charge is -2.29. The van der Waals surface area contributed by atoms with E-state index in [4.69, 9.17) is 0 Å². The quantitative estimate of drug-likeness (QED) is 0.830. The fourth-order valence-electron chi connectivity index (χ4n) is 2.52. The van der Waals surface area contributed by atoms with Crippen LogP contribution in [-0.4, -0.2) is 27.0 Å². The van der Waals surface area contributed by atoms with Gasteiger partial charge in [-0.2, -0.15) is 0 Å². The minimum atomic E-state index is -0.0254. The molecule has 0 saturated carbocycles. The van der Waals surface area contributed by atoms with Crippen molar-refractivity contribution < 1.29 is 4.79 Å². The fourth-order valence-corrected chi connectivity index (χ4v) is 2.52. The van der Waals surface area contributed by atoms with Crippen molar-refractivity contribution in [2.75, 3.05) is 6.54 Å². The summed E-state index contributed by atoms with van der Waals surface area (Å²) in [4.78, 5) is 20.6. The number of rotatable bonds is 1. The number of amides is 1. The van der Waals surface area contributed by atoms with E-state index < -0.39 is 0 Å². The lowest BCUT2D eigenvalue weighted by Crippen LogP contribution is -2.40. The zero-order valence-electron chi connectivity index (χ0n) is 10.8. The van der Waals surface area contributed by atoms with E-state index in [0.29, 0.717) is 18.2 Å². The first-order chi connectivity index (χ1) is 8.58. The van der Waals surface area contributed by atoms with Gasteiger partial charge in [0.05, 0.1) is 6.04 Å². The lowest BCUT2D eigenvalue weighted by molar-refractivity contribution is 0.0907. The normalized spacial score (nSPS) is 19.1. The van der Waals surface area contributed by atoms with E-state index in [1.54, 1.807) is 6.20 Å². The highest BCUT2D eigenvalue weighted by atomic mass is 16.2. The van der Waals surface area contributed by atoms with Crippen molar-refractivity contribution in [3.05, 3.63) is 23.8 Å². The molecule has 0 spiro atoms. The van der Waals surface area contributed by atoms with Gasteiger partial charge in [-0.25, -0.2) is 9.97 Å². The van der Waals surface area contributed by atoms with Crippen LogP contribution in [0.4, 0.5) is 0 Å². The van der Waals surface area contributed by atoms with Crippen LogP contribution in [0.3, 0.4) is 0 Å². The molecule has 0 fully saturated rings. The monoisotopic (exact) mass is 244 g/mol. The van der Waals surface area contributed by atoms with Crippen molar-refractivity contribution in [2.24, 2.45) is 5.92 Å². The molecule has 0 aromatic carbocycles. The molecule has 2 aromatic heterocycles. The Balaban J connectivity index is 2.31. The molecule has 1 aliphatic rings. The number of nitrogens with one attached hydrogen (secondary N) is 1. The zero-order valence-corrected chi connectivity index (χ0v) is 10.8. The van der Waals surface area contributed by atoms with Crippen LogP contribution in [0.15, 0.2) is 12.3 Å². The van der Waals surface area contributed by atoms with Gasteiger partial charge in [-0.15, -0.1) is 0 Å². The largest absolute Gasteiger partial charge is 0.349 e. The van der Waals surface area contributed by atoms with Gasteiger partial charge in [-0.05, 0) is 18.9 Å². The summed E-state index contributed by atoms with van der Waals surface area (Å²) in [6.45, 7) is 6.85. The predicted octanol–water partition coefficient (Wildman–Crippen LogP) is 1.68. The smallest absolute Gasteiger partial charge is 0.268 e. The van der Waals surface area contributed by atoms with Crippen LogP contribution in [0.2, 0.25) is 0 Å². The van der Waals surface area contributed by atoms with Crippen LogP contribution in [0.1, 0.15) is 36.2 Å². The van der Waals surface area contributed by atoms with Gasteiger partial charge in [-0.3, -0.25) is 4.79 Å². The van der Waals surface area contributed by atoms with Gasteiger partial charge in [0.25, 0.3) is 5.91 Å². The van der Waals surface area contributed by atoms with E-state index in [-0.39, 0.29) is 11.9 Å². The van der Waals surface area contributed by atoms with Crippen LogP contribution < -0.4 is 5.32 Å². The van der Waals surface area contributed by atoms with Crippen LogP contribution in [-0.2, 0) is 0 Å². The fraction of sp³-hybridized carbons (Fsp3) is 0.462. The Bertz CT molecular complexity index is 629. The summed E-state index contributed by atoms with van der Waals surface area (Å²) in [5.41, 5.74) is 1.56. The maximum absolute atomic E-state index is 11.9. The molecule has 5 nitrogen and oxygen atoms in total. The average molecular weight is 244 g/mol. The summed E-state index contributed by atoms with van der Waals surface area (Å²) >= 11 is 0. The third-order valence-corrected chi connectivity index (χ3v) is 3.50. The lowest BCUT2D eigenvalue weighted by atomic mass is 10.0. The summed E-state index contributed by atoms with van der Waals surface area (Å²) in [5.74, 6) is 1.15. The molecular formula is C13H16N4O. The molecule has 0 radical (unpaired) electrons. The SMILES string of the molecule is Cc1ncc2cc3n(c2n1)C(C(C)C)CNC3=O. The van der Waals surface area contributed by atoms with Crippen molar-refractivity contribution >= 4 is 16.9 Å². The molecule has 5 heteroatoms. The van der Waals surface area contributed by atoms with Gasteiger partial charge in [0.1, 0.15) is 17.2 Å². The zero-order chi connectivity index (χ0) is 12.9. The Hall–Kier alpha value is -1.91. The molecule has 3 rings (SSSR count). The molecule has 1 aliphatic heterocycles. The molecule has 1 N–H and O–H groups in total. The molecule has 1 atom stereocenters. The second kappa shape index (κ2) is 3.80. The third-order valence-electron chi connectivity index (χ3n) is 3.50. The van der Waals surface area contributed by atoms with Crippen molar-refractivity contribution in [1.82, 2.24) is 19.9 Å². The number of aryl methyl sites for hydroxylation is 1. The minimum Gasteiger partial charge on any atom is -0.349 e. The van der Waals surface area contributed by atoms with Gasteiger partial charge >= 0.3 is 0 Å². The Morgan fingerprint density at radius 3 is 3.00 bits per heavy atom.